The van der Waals surface area contributed by atoms with Crippen molar-refractivity contribution >= 4 is 17.7 Å². The summed E-state index contributed by atoms with van der Waals surface area (Å²) >= 11 is 1.97. The summed E-state index contributed by atoms with van der Waals surface area (Å²) in [6.07, 6.45) is 2.77. The van der Waals surface area contributed by atoms with Crippen LogP contribution < -0.4 is 9.47 Å². The summed E-state index contributed by atoms with van der Waals surface area (Å²) in [6.45, 7) is 6.06. The molecule has 0 radical (unpaired) electrons. The van der Waals surface area contributed by atoms with Gasteiger partial charge in [0, 0.05) is 18.8 Å². The highest BCUT2D eigenvalue weighted by atomic mass is 32.2. The Kier molecular flexibility index (Phi) is 5.60. The van der Waals surface area contributed by atoms with Crippen LogP contribution in [0.3, 0.4) is 0 Å². The lowest BCUT2D eigenvalue weighted by Crippen LogP contribution is -2.56. The van der Waals surface area contributed by atoms with Crippen molar-refractivity contribution in [1.82, 2.24) is 9.80 Å². The van der Waals surface area contributed by atoms with Crippen molar-refractivity contribution in [3.63, 3.8) is 0 Å². The van der Waals surface area contributed by atoms with E-state index in [4.69, 9.17) is 9.47 Å². The van der Waals surface area contributed by atoms with Gasteiger partial charge in [-0.05, 0) is 57.2 Å². The van der Waals surface area contributed by atoms with Crippen molar-refractivity contribution in [3.8, 4) is 11.5 Å². The molecule has 0 spiro atoms. The van der Waals surface area contributed by atoms with E-state index in [1.165, 1.54) is 12.8 Å². The number of hydrogen-bond acceptors (Lipinski definition) is 5. The number of carbonyl (C=O) groups is 1. The van der Waals surface area contributed by atoms with Crippen LogP contribution in [0.15, 0.2) is 24.3 Å². The number of thioether (sulfide) groups is 1. The molecule has 0 saturated carbocycles. The smallest absolute Gasteiger partial charge is 0.267 e. The molecular formula is C20H28N2O3S. The van der Waals surface area contributed by atoms with E-state index < -0.39 is 6.10 Å². The van der Waals surface area contributed by atoms with Gasteiger partial charge in [0.15, 0.2) is 11.5 Å². The van der Waals surface area contributed by atoms with E-state index in [2.05, 4.69) is 9.80 Å². The molecule has 3 heterocycles. The maximum absolute atomic E-state index is 13.4. The Bertz CT molecular complexity index is 635. The van der Waals surface area contributed by atoms with Crippen LogP contribution >= 0.6 is 11.8 Å². The van der Waals surface area contributed by atoms with Crippen LogP contribution in [0.5, 0.6) is 11.5 Å². The van der Waals surface area contributed by atoms with Crippen LogP contribution in [0.4, 0.5) is 0 Å². The molecule has 0 aromatic heterocycles. The van der Waals surface area contributed by atoms with Crippen molar-refractivity contribution < 1.29 is 14.3 Å². The second-order valence-corrected chi connectivity index (χ2v) is 8.58. The topological polar surface area (TPSA) is 42.0 Å². The molecule has 1 amide bonds. The molecular weight excluding hydrogens is 348 g/mol. The van der Waals surface area contributed by atoms with E-state index in [0.29, 0.717) is 5.75 Å². The second kappa shape index (κ2) is 8.09. The average Bonchev–Trinajstić information content (AvgIpc) is 3.05. The number of rotatable bonds is 3. The number of carbonyl (C=O) groups excluding carboxylic acids is 1. The van der Waals surface area contributed by atoms with Crippen LogP contribution in [0, 0.1) is 0 Å². The maximum Gasteiger partial charge on any atom is 0.267 e. The van der Waals surface area contributed by atoms with Crippen LogP contribution in [0.25, 0.3) is 0 Å². The predicted octanol–water partition coefficient (Wildman–Crippen LogP) is 2.64. The van der Waals surface area contributed by atoms with Gasteiger partial charge in [0.2, 0.25) is 6.10 Å². The SMILES string of the molecule is CC1Oc2ccccc2OC1C(=O)N1CCCSCC1CN1CCCC1. The molecule has 0 N–H and O–H groups in total. The van der Waals surface area contributed by atoms with Gasteiger partial charge in [-0.1, -0.05) is 12.1 Å². The third kappa shape index (κ3) is 3.81. The highest BCUT2D eigenvalue weighted by Gasteiger charge is 2.39. The summed E-state index contributed by atoms with van der Waals surface area (Å²) in [5, 5.41) is 0. The van der Waals surface area contributed by atoms with E-state index in [9.17, 15) is 4.79 Å². The fraction of sp³-hybridized carbons (Fsp3) is 0.650. The number of benzene rings is 1. The summed E-state index contributed by atoms with van der Waals surface area (Å²) in [5.74, 6) is 3.62. The van der Waals surface area contributed by atoms with Gasteiger partial charge in [-0.3, -0.25) is 4.79 Å². The fourth-order valence-electron chi connectivity index (χ4n) is 4.09. The lowest BCUT2D eigenvalue weighted by Gasteiger charge is -2.38. The molecule has 4 rings (SSSR count). The van der Waals surface area contributed by atoms with Gasteiger partial charge in [-0.2, -0.15) is 11.8 Å². The maximum atomic E-state index is 13.4. The number of likely N-dealkylation sites (tertiary alicyclic amines) is 1. The van der Waals surface area contributed by atoms with Crippen molar-refractivity contribution in [2.24, 2.45) is 0 Å². The van der Waals surface area contributed by atoms with Crippen LogP contribution in [0.1, 0.15) is 26.2 Å². The van der Waals surface area contributed by atoms with Gasteiger partial charge in [0.05, 0.1) is 6.04 Å². The Hall–Kier alpha value is -1.40. The minimum Gasteiger partial charge on any atom is -0.482 e. The zero-order valence-corrected chi connectivity index (χ0v) is 16.2. The Morgan fingerprint density at radius 2 is 1.85 bits per heavy atom. The second-order valence-electron chi connectivity index (χ2n) is 7.43. The van der Waals surface area contributed by atoms with Crippen LogP contribution in [-0.2, 0) is 4.79 Å². The van der Waals surface area contributed by atoms with Crippen LogP contribution in [0.2, 0.25) is 0 Å². The van der Waals surface area contributed by atoms with Gasteiger partial charge in [-0.25, -0.2) is 0 Å². The molecule has 3 aliphatic heterocycles. The zero-order chi connectivity index (χ0) is 17.9. The van der Waals surface area contributed by atoms with E-state index in [1.807, 2.05) is 43.0 Å². The quantitative estimate of drug-likeness (QED) is 0.811. The first-order valence-corrected chi connectivity index (χ1v) is 10.9. The molecule has 3 aliphatic rings. The molecule has 2 fully saturated rings. The molecule has 3 atom stereocenters. The average molecular weight is 377 g/mol. The molecule has 2 saturated heterocycles. The first-order valence-electron chi connectivity index (χ1n) is 9.75. The number of ether oxygens (including phenoxy) is 2. The molecule has 142 valence electrons. The van der Waals surface area contributed by atoms with Gasteiger partial charge in [-0.15, -0.1) is 0 Å². The molecule has 1 aromatic carbocycles. The Labute approximate surface area is 160 Å². The van der Waals surface area contributed by atoms with E-state index >= 15 is 0 Å². The standard InChI is InChI=1S/C20H28N2O3S/c1-15-19(25-18-8-3-2-7-17(18)24-15)20(23)22-11-6-12-26-14-16(22)13-21-9-4-5-10-21/h2-3,7-8,15-16,19H,4-6,9-14H2,1H3. The molecule has 26 heavy (non-hydrogen) atoms. The first-order chi connectivity index (χ1) is 12.7. The van der Waals surface area contributed by atoms with Gasteiger partial charge >= 0.3 is 0 Å². The van der Waals surface area contributed by atoms with Gasteiger partial charge in [0.25, 0.3) is 5.91 Å². The molecule has 5 nitrogen and oxygen atoms in total. The predicted molar refractivity (Wildman–Crippen MR) is 104 cm³/mol. The van der Waals surface area contributed by atoms with Crippen molar-refractivity contribution in [1.29, 1.82) is 0 Å². The zero-order valence-electron chi connectivity index (χ0n) is 15.4. The lowest BCUT2D eigenvalue weighted by atomic mass is 10.1. The normalized spacial score (nSPS) is 29.4. The summed E-state index contributed by atoms with van der Waals surface area (Å²) in [4.78, 5) is 18.0. The minimum atomic E-state index is -0.561. The molecule has 0 bridgehead atoms. The summed E-state index contributed by atoms with van der Waals surface area (Å²) in [7, 11) is 0. The van der Waals surface area contributed by atoms with E-state index in [-0.39, 0.29) is 18.1 Å². The van der Waals surface area contributed by atoms with Crippen molar-refractivity contribution in [2.45, 2.75) is 44.4 Å². The summed E-state index contributed by atoms with van der Waals surface area (Å²) in [6, 6.07) is 7.88. The van der Waals surface area contributed by atoms with Crippen molar-refractivity contribution in [3.05, 3.63) is 24.3 Å². The molecule has 6 heteroatoms. The molecule has 1 aromatic rings. The molecule has 0 aliphatic carbocycles. The number of amides is 1. The number of para-hydroxylation sites is 2. The third-order valence-corrected chi connectivity index (χ3v) is 6.67. The van der Waals surface area contributed by atoms with Crippen molar-refractivity contribution in [2.75, 3.05) is 37.7 Å². The van der Waals surface area contributed by atoms with Gasteiger partial charge < -0.3 is 19.3 Å². The fourth-order valence-corrected chi connectivity index (χ4v) is 5.15. The van der Waals surface area contributed by atoms with E-state index in [1.54, 1.807) is 0 Å². The largest absolute Gasteiger partial charge is 0.482 e. The summed E-state index contributed by atoms with van der Waals surface area (Å²) < 4.78 is 12.0. The minimum absolute atomic E-state index is 0.0821. The first kappa shape index (κ1) is 18.0. The Morgan fingerprint density at radius 3 is 2.62 bits per heavy atom. The number of nitrogens with zero attached hydrogens (tertiary/aromatic N) is 2. The number of fused-ring (bicyclic) bond motifs is 1. The van der Waals surface area contributed by atoms with Gasteiger partial charge in [0.1, 0.15) is 6.10 Å². The Balaban J connectivity index is 1.50. The highest BCUT2D eigenvalue weighted by molar-refractivity contribution is 7.99. The third-order valence-electron chi connectivity index (χ3n) is 5.48. The van der Waals surface area contributed by atoms with E-state index in [0.717, 1.165) is 49.9 Å². The summed E-state index contributed by atoms with van der Waals surface area (Å²) in [5.41, 5.74) is 0. The number of hydrogen-bond donors (Lipinski definition) is 0. The monoisotopic (exact) mass is 376 g/mol. The Morgan fingerprint density at radius 1 is 1.12 bits per heavy atom. The van der Waals surface area contributed by atoms with Crippen LogP contribution in [-0.4, -0.2) is 71.6 Å². The molecule has 3 unspecified atom stereocenters. The lowest BCUT2D eigenvalue weighted by molar-refractivity contribution is -0.146. The highest BCUT2D eigenvalue weighted by Crippen LogP contribution is 2.34.